The molecule has 0 aromatic heterocycles. The maximum Gasteiger partial charge on any atom is 0.333 e. The first-order chi connectivity index (χ1) is 12.7. The number of nitrogens with zero attached hydrogens (tertiary/aromatic N) is 1. The summed E-state index contributed by atoms with van der Waals surface area (Å²) in [6.45, 7) is 3.98. The number of carbonyl (C=O) groups is 3. The SMILES string of the molecule is CCC(CC)OC1=CC(=C=O)C(C(=O)O)N=C1.NC(=O)CCC(N)C(=O)O. The van der Waals surface area contributed by atoms with Crippen LogP contribution in [0.15, 0.2) is 22.4 Å². The Morgan fingerprint density at radius 3 is 2.30 bits per heavy atom. The molecule has 0 radical (unpaired) electrons. The van der Waals surface area contributed by atoms with Gasteiger partial charge in [0, 0.05) is 6.42 Å². The van der Waals surface area contributed by atoms with Crippen molar-refractivity contribution in [2.45, 2.75) is 57.7 Å². The van der Waals surface area contributed by atoms with Gasteiger partial charge in [0.15, 0.2) is 6.04 Å². The number of amides is 1. The minimum absolute atomic E-state index is 0.0130. The zero-order chi connectivity index (χ0) is 21.0. The van der Waals surface area contributed by atoms with E-state index in [1.165, 1.54) is 12.3 Å². The number of dihydropyridines is 1. The van der Waals surface area contributed by atoms with E-state index in [-0.39, 0.29) is 24.5 Å². The summed E-state index contributed by atoms with van der Waals surface area (Å²) < 4.78 is 5.57. The lowest BCUT2D eigenvalue weighted by atomic mass is 10.1. The van der Waals surface area contributed by atoms with Crippen molar-refractivity contribution in [2.75, 3.05) is 0 Å². The molecule has 27 heavy (non-hydrogen) atoms. The van der Waals surface area contributed by atoms with E-state index in [1.807, 2.05) is 13.8 Å². The van der Waals surface area contributed by atoms with Crippen LogP contribution in [-0.4, -0.2) is 58.4 Å². The number of rotatable bonds is 9. The highest BCUT2D eigenvalue weighted by molar-refractivity contribution is 5.91. The zero-order valence-corrected chi connectivity index (χ0v) is 15.3. The molecule has 10 nitrogen and oxygen atoms in total. The summed E-state index contributed by atoms with van der Waals surface area (Å²) in [7, 11) is 0. The highest BCUT2D eigenvalue weighted by Crippen LogP contribution is 2.17. The first kappa shape index (κ1) is 24.0. The van der Waals surface area contributed by atoms with Crippen LogP contribution in [0.2, 0.25) is 0 Å². The standard InChI is InChI=1S/C12H15NO4.C5H10N2O3/c1-3-9(4-2)17-10-5-8(7-14)11(12(15)16)13-6-10;6-3(5(9)10)1-2-4(7)8/h5-6,9,11H,3-4H2,1-2H3,(H,15,16);3H,1-2,6H2,(H2,7,8)(H,9,10). The molecule has 1 rings (SSSR count). The van der Waals surface area contributed by atoms with Crippen LogP contribution in [-0.2, 0) is 23.9 Å². The largest absolute Gasteiger partial charge is 0.489 e. The molecule has 0 saturated heterocycles. The van der Waals surface area contributed by atoms with E-state index in [0.29, 0.717) is 5.76 Å². The van der Waals surface area contributed by atoms with E-state index in [2.05, 4.69) is 4.99 Å². The summed E-state index contributed by atoms with van der Waals surface area (Å²) in [5.74, 6) is -0.808. The summed E-state index contributed by atoms with van der Waals surface area (Å²) in [6, 6.07) is -2.14. The normalized spacial score (nSPS) is 16.5. The Bertz CT molecular complexity index is 647. The van der Waals surface area contributed by atoms with Crippen LogP contribution in [0.25, 0.3) is 0 Å². The Balaban J connectivity index is 0.000000580. The van der Waals surface area contributed by atoms with Crippen LogP contribution >= 0.6 is 0 Å². The predicted octanol–water partition coefficient (Wildman–Crippen LogP) is 0.0349. The van der Waals surface area contributed by atoms with Crippen LogP contribution in [0.4, 0.5) is 0 Å². The van der Waals surface area contributed by atoms with Gasteiger partial charge in [-0.2, -0.15) is 0 Å². The fourth-order valence-electron chi connectivity index (χ4n) is 1.91. The second-order valence-electron chi connectivity index (χ2n) is 5.63. The molecule has 150 valence electrons. The molecule has 0 aromatic rings. The molecule has 0 bridgehead atoms. The highest BCUT2D eigenvalue weighted by Gasteiger charge is 2.25. The smallest absolute Gasteiger partial charge is 0.333 e. The Kier molecular flexibility index (Phi) is 11.0. The minimum Gasteiger partial charge on any atom is -0.489 e. The molecule has 1 amide bonds. The van der Waals surface area contributed by atoms with Crippen LogP contribution in [0.1, 0.15) is 39.5 Å². The minimum atomic E-state index is -1.17. The van der Waals surface area contributed by atoms with Gasteiger partial charge in [-0.3, -0.25) is 14.6 Å². The molecule has 0 saturated carbocycles. The number of allylic oxidation sites excluding steroid dienone is 1. The molecular weight excluding hydrogens is 358 g/mol. The Morgan fingerprint density at radius 1 is 1.30 bits per heavy atom. The molecule has 0 aromatic carbocycles. The summed E-state index contributed by atoms with van der Waals surface area (Å²) in [6.07, 6.45) is 4.57. The number of carbonyl (C=O) groups excluding carboxylic acids is 2. The average molecular weight is 383 g/mol. The highest BCUT2D eigenvalue weighted by atomic mass is 16.5. The Hall–Kier alpha value is -2.97. The molecular formula is C17H25N3O7. The van der Waals surface area contributed by atoms with Gasteiger partial charge in [-0.15, -0.1) is 0 Å². The van der Waals surface area contributed by atoms with Crippen molar-refractivity contribution < 1.29 is 34.1 Å². The fourth-order valence-corrected chi connectivity index (χ4v) is 1.91. The number of hydrogen-bond acceptors (Lipinski definition) is 7. The van der Waals surface area contributed by atoms with Crippen molar-refractivity contribution in [3.8, 4) is 0 Å². The number of carboxylic acid groups (broad SMARTS) is 2. The first-order valence-electron chi connectivity index (χ1n) is 8.32. The van der Waals surface area contributed by atoms with Crippen molar-refractivity contribution >= 4 is 30.0 Å². The number of nitrogens with two attached hydrogens (primary N) is 2. The van der Waals surface area contributed by atoms with Crippen molar-refractivity contribution in [2.24, 2.45) is 16.5 Å². The van der Waals surface area contributed by atoms with Crippen molar-refractivity contribution in [1.29, 1.82) is 0 Å². The average Bonchev–Trinajstić information content (AvgIpc) is 2.63. The number of ether oxygens (including phenoxy) is 1. The van der Waals surface area contributed by atoms with Gasteiger partial charge in [-0.05, 0) is 25.3 Å². The lowest BCUT2D eigenvalue weighted by Gasteiger charge is -2.19. The maximum absolute atomic E-state index is 10.8. The lowest BCUT2D eigenvalue weighted by molar-refractivity contribution is -0.139. The van der Waals surface area contributed by atoms with Gasteiger partial charge >= 0.3 is 11.9 Å². The van der Waals surface area contributed by atoms with Gasteiger partial charge in [0.1, 0.15) is 17.7 Å². The molecule has 1 aliphatic heterocycles. The zero-order valence-electron chi connectivity index (χ0n) is 15.3. The van der Waals surface area contributed by atoms with Crippen LogP contribution < -0.4 is 11.5 Å². The topological polar surface area (TPSA) is 182 Å². The molecule has 1 aliphatic rings. The van der Waals surface area contributed by atoms with E-state index < -0.39 is 29.9 Å². The Labute approximate surface area is 156 Å². The van der Waals surface area contributed by atoms with Gasteiger partial charge in [0.25, 0.3) is 0 Å². The van der Waals surface area contributed by atoms with Gasteiger partial charge in [-0.1, -0.05) is 13.8 Å². The third kappa shape index (κ3) is 9.34. The first-order valence-corrected chi connectivity index (χ1v) is 8.32. The van der Waals surface area contributed by atoms with Crippen molar-refractivity contribution in [1.82, 2.24) is 0 Å². The number of primary amides is 1. The number of hydrogen-bond donors (Lipinski definition) is 4. The van der Waals surface area contributed by atoms with Crippen LogP contribution in [0.3, 0.4) is 0 Å². The molecule has 10 heteroatoms. The molecule has 2 atom stereocenters. The number of carboxylic acids is 2. The second kappa shape index (κ2) is 12.4. The molecule has 1 heterocycles. The third-order valence-electron chi connectivity index (χ3n) is 3.53. The predicted molar refractivity (Wildman–Crippen MR) is 96.7 cm³/mol. The maximum atomic E-state index is 10.8. The number of aliphatic carboxylic acids is 2. The molecule has 0 aliphatic carbocycles. The van der Waals surface area contributed by atoms with Crippen LogP contribution in [0, 0.1) is 0 Å². The van der Waals surface area contributed by atoms with Gasteiger partial charge in [0.05, 0.1) is 17.9 Å². The van der Waals surface area contributed by atoms with Gasteiger partial charge < -0.3 is 26.4 Å². The lowest BCUT2D eigenvalue weighted by Crippen LogP contribution is -2.31. The third-order valence-corrected chi connectivity index (χ3v) is 3.53. The van der Waals surface area contributed by atoms with Gasteiger partial charge in [-0.25, -0.2) is 9.59 Å². The van der Waals surface area contributed by atoms with E-state index in [4.69, 9.17) is 26.4 Å². The fraction of sp³-hybridized carbons (Fsp3) is 0.529. The van der Waals surface area contributed by atoms with Crippen molar-refractivity contribution in [3.63, 3.8) is 0 Å². The summed E-state index contributed by atoms with van der Waals surface area (Å²) in [4.78, 5) is 45.3. The number of aliphatic imine (C=N–C) groups is 1. The van der Waals surface area contributed by atoms with Crippen molar-refractivity contribution in [3.05, 3.63) is 17.4 Å². The summed E-state index contributed by atoms with van der Waals surface area (Å²) in [5.41, 5.74) is 9.80. The monoisotopic (exact) mass is 383 g/mol. The van der Waals surface area contributed by atoms with E-state index in [9.17, 15) is 19.2 Å². The summed E-state index contributed by atoms with van der Waals surface area (Å²) in [5, 5.41) is 17.0. The molecule has 0 fully saturated rings. The quantitative estimate of drug-likeness (QED) is 0.402. The molecule has 6 N–H and O–H groups in total. The molecule has 2 unspecified atom stereocenters. The van der Waals surface area contributed by atoms with Crippen LogP contribution in [0.5, 0.6) is 0 Å². The Morgan fingerprint density at radius 2 is 1.89 bits per heavy atom. The van der Waals surface area contributed by atoms with E-state index in [1.54, 1.807) is 5.94 Å². The second-order valence-corrected chi connectivity index (χ2v) is 5.63. The van der Waals surface area contributed by atoms with E-state index >= 15 is 0 Å². The molecule has 0 spiro atoms. The summed E-state index contributed by atoms with van der Waals surface area (Å²) >= 11 is 0. The van der Waals surface area contributed by atoms with Gasteiger partial charge in [0.2, 0.25) is 5.91 Å². The van der Waals surface area contributed by atoms with E-state index in [0.717, 1.165) is 12.8 Å².